The summed E-state index contributed by atoms with van der Waals surface area (Å²) in [5.41, 5.74) is 1.50. The highest BCUT2D eigenvalue weighted by Gasteiger charge is 2.20. The Morgan fingerprint density at radius 2 is 2.15 bits per heavy atom. The monoisotopic (exact) mass is 292 g/mol. The van der Waals surface area contributed by atoms with E-state index < -0.39 is 0 Å². The molecule has 3 nitrogen and oxygen atoms in total. The average Bonchev–Trinajstić information content (AvgIpc) is 3.18. The van der Waals surface area contributed by atoms with Crippen LogP contribution in [-0.4, -0.2) is 11.0 Å². The molecule has 0 unspecified atom stereocenters. The maximum atomic E-state index is 13.4. The molecule has 20 heavy (non-hydrogen) atoms. The predicted octanol–water partition coefficient (Wildman–Crippen LogP) is 3.25. The average molecular weight is 292 g/mol. The smallest absolute Gasteiger partial charge is 0.128 e. The molecule has 5 heteroatoms. The molecule has 1 aliphatic rings. The molecule has 0 amide bonds. The molecule has 1 aromatic heterocycles. The molecule has 1 saturated carbocycles. The lowest BCUT2D eigenvalue weighted by Crippen LogP contribution is -2.15. The van der Waals surface area contributed by atoms with Gasteiger partial charge in [-0.1, -0.05) is 18.2 Å². The van der Waals surface area contributed by atoms with Crippen LogP contribution in [0.4, 0.5) is 4.39 Å². The first-order valence-electron chi connectivity index (χ1n) is 6.79. The van der Waals surface area contributed by atoms with Crippen molar-refractivity contribution in [2.75, 3.05) is 0 Å². The van der Waals surface area contributed by atoms with Gasteiger partial charge >= 0.3 is 0 Å². The van der Waals surface area contributed by atoms with Gasteiger partial charge in [-0.15, -0.1) is 11.3 Å². The van der Waals surface area contributed by atoms with Crippen LogP contribution in [0.25, 0.3) is 0 Å². The third kappa shape index (κ3) is 3.85. The number of halogens is 1. The standard InChI is InChI=1S/C15H17FN2OS/c16-14-4-2-1-3-11(14)8-19-9-13-10-20-15(18-13)7-17-12-5-6-12/h1-4,10,12,17H,5-9H2. The predicted molar refractivity (Wildman–Crippen MR) is 76.9 cm³/mol. The molecular weight excluding hydrogens is 275 g/mol. The fraction of sp³-hybridized carbons (Fsp3) is 0.400. The van der Waals surface area contributed by atoms with Crippen molar-refractivity contribution < 1.29 is 9.13 Å². The number of nitrogens with zero attached hydrogens (tertiary/aromatic N) is 1. The van der Waals surface area contributed by atoms with Crippen molar-refractivity contribution in [1.82, 2.24) is 10.3 Å². The highest BCUT2D eigenvalue weighted by atomic mass is 32.1. The van der Waals surface area contributed by atoms with Gasteiger partial charge in [-0.2, -0.15) is 0 Å². The molecule has 2 aromatic rings. The number of hydrogen-bond acceptors (Lipinski definition) is 4. The third-order valence-corrected chi connectivity index (χ3v) is 4.08. The molecule has 0 atom stereocenters. The van der Waals surface area contributed by atoms with Crippen molar-refractivity contribution in [2.24, 2.45) is 0 Å². The van der Waals surface area contributed by atoms with E-state index in [0.717, 1.165) is 17.2 Å². The number of ether oxygens (including phenoxy) is 1. The maximum Gasteiger partial charge on any atom is 0.128 e. The van der Waals surface area contributed by atoms with Crippen molar-refractivity contribution in [3.63, 3.8) is 0 Å². The van der Waals surface area contributed by atoms with Gasteiger partial charge in [-0.3, -0.25) is 0 Å². The molecule has 0 aliphatic heterocycles. The van der Waals surface area contributed by atoms with Gasteiger partial charge in [0, 0.05) is 23.5 Å². The number of nitrogens with one attached hydrogen (secondary N) is 1. The fourth-order valence-electron chi connectivity index (χ4n) is 1.90. The zero-order chi connectivity index (χ0) is 13.8. The summed E-state index contributed by atoms with van der Waals surface area (Å²) < 4.78 is 18.9. The van der Waals surface area contributed by atoms with E-state index in [9.17, 15) is 4.39 Å². The fourth-order valence-corrected chi connectivity index (χ4v) is 2.63. The number of aromatic nitrogens is 1. The quantitative estimate of drug-likeness (QED) is 0.850. The van der Waals surface area contributed by atoms with Crippen LogP contribution >= 0.6 is 11.3 Å². The molecular formula is C15H17FN2OS. The van der Waals surface area contributed by atoms with E-state index in [-0.39, 0.29) is 12.4 Å². The zero-order valence-corrected chi connectivity index (χ0v) is 12.0. The number of thiazole rings is 1. The summed E-state index contributed by atoms with van der Waals surface area (Å²) in [7, 11) is 0. The molecule has 1 fully saturated rings. The number of benzene rings is 1. The van der Waals surface area contributed by atoms with Gasteiger partial charge in [0.2, 0.25) is 0 Å². The lowest BCUT2D eigenvalue weighted by molar-refractivity contribution is 0.102. The normalized spacial score (nSPS) is 14.7. The minimum absolute atomic E-state index is 0.222. The molecule has 1 aromatic carbocycles. The summed E-state index contributed by atoms with van der Waals surface area (Å²) >= 11 is 1.64. The van der Waals surface area contributed by atoms with Crippen LogP contribution in [0, 0.1) is 5.82 Å². The summed E-state index contributed by atoms with van der Waals surface area (Å²) in [5.74, 6) is -0.222. The van der Waals surface area contributed by atoms with E-state index in [1.807, 2.05) is 11.4 Å². The number of rotatable bonds is 7. The minimum Gasteiger partial charge on any atom is -0.370 e. The minimum atomic E-state index is -0.222. The molecule has 1 aliphatic carbocycles. The van der Waals surface area contributed by atoms with E-state index in [1.54, 1.807) is 23.5 Å². The molecule has 3 rings (SSSR count). The summed E-state index contributed by atoms with van der Waals surface area (Å²) in [4.78, 5) is 4.50. The van der Waals surface area contributed by atoms with Crippen LogP contribution in [0.1, 0.15) is 29.1 Å². The van der Waals surface area contributed by atoms with E-state index >= 15 is 0 Å². The largest absolute Gasteiger partial charge is 0.370 e. The summed E-state index contributed by atoms with van der Waals surface area (Å²) in [5, 5.41) is 6.52. The second-order valence-corrected chi connectivity index (χ2v) is 5.91. The van der Waals surface area contributed by atoms with Gasteiger partial charge in [-0.25, -0.2) is 9.37 Å². The topological polar surface area (TPSA) is 34.1 Å². The first kappa shape index (κ1) is 13.7. The van der Waals surface area contributed by atoms with Crippen molar-refractivity contribution >= 4 is 11.3 Å². The van der Waals surface area contributed by atoms with Crippen LogP contribution in [0.5, 0.6) is 0 Å². The third-order valence-electron chi connectivity index (χ3n) is 3.18. The molecule has 106 valence electrons. The van der Waals surface area contributed by atoms with Gasteiger partial charge in [0.1, 0.15) is 10.8 Å². The van der Waals surface area contributed by atoms with Crippen molar-refractivity contribution in [3.8, 4) is 0 Å². The van der Waals surface area contributed by atoms with Gasteiger partial charge in [0.15, 0.2) is 0 Å². The van der Waals surface area contributed by atoms with Gasteiger partial charge in [0.05, 0.1) is 18.9 Å². The van der Waals surface area contributed by atoms with Crippen molar-refractivity contribution in [3.05, 3.63) is 51.7 Å². The molecule has 1 heterocycles. The molecule has 0 bridgehead atoms. The Kier molecular flexibility index (Phi) is 4.40. The zero-order valence-electron chi connectivity index (χ0n) is 11.1. The van der Waals surface area contributed by atoms with Gasteiger partial charge in [-0.05, 0) is 18.9 Å². The van der Waals surface area contributed by atoms with E-state index in [2.05, 4.69) is 10.3 Å². The lowest BCUT2D eigenvalue weighted by atomic mass is 10.2. The van der Waals surface area contributed by atoms with Crippen LogP contribution in [0.3, 0.4) is 0 Å². The summed E-state index contributed by atoms with van der Waals surface area (Å²) in [6, 6.07) is 7.37. The Hall–Kier alpha value is -1.30. The highest BCUT2D eigenvalue weighted by Crippen LogP contribution is 2.20. The summed E-state index contributed by atoms with van der Waals surface area (Å²) in [6.07, 6.45) is 2.56. The van der Waals surface area contributed by atoms with Crippen LogP contribution < -0.4 is 5.32 Å². The Morgan fingerprint density at radius 3 is 2.95 bits per heavy atom. The lowest BCUT2D eigenvalue weighted by Gasteiger charge is -2.03. The summed E-state index contributed by atoms with van der Waals surface area (Å²) in [6.45, 7) is 1.54. The van der Waals surface area contributed by atoms with Crippen molar-refractivity contribution in [1.29, 1.82) is 0 Å². The maximum absolute atomic E-state index is 13.4. The second-order valence-electron chi connectivity index (χ2n) is 4.97. The second kappa shape index (κ2) is 6.43. The molecule has 0 saturated heterocycles. The Labute approximate surface area is 121 Å². The molecule has 0 spiro atoms. The Morgan fingerprint density at radius 1 is 1.30 bits per heavy atom. The van der Waals surface area contributed by atoms with Crippen LogP contribution in [-0.2, 0) is 24.5 Å². The SMILES string of the molecule is Fc1ccccc1COCc1csc(CNC2CC2)n1. The van der Waals surface area contributed by atoms with E-state index in [4.69, 9.17) is 4.74 Å². The Bertz CT molecular complexity index is 569. The first-order chi connectivity index (χ1) is 9.81. The Balaban J connectivity index is 1.45. The van der Waals surface area contributed by atoms with Gasteiger partial charge in [0.25, 0.3) is 0 Å². The first-order valence-corrected chi connectivity index (χ1v) is 7.67. The highest BCUT2D eigenvalue weighted by molar-refractivity contribution is 7.09. The van der Waals surface area contributed by atoms with Crippen LogP contribution in [0.2, 0.25) is 0 Å². The van der Waals surface area contributed by atoms with E-state index in [1.165, 1.54) is 18.9 Å². The molecule has 1 N–H and O–H groups in total. The van der Waals surface area contributed by atoms with Crippen LogP contribution in [0.15, 0.2) is 29.6 Å². The van der Waals surface area contributed by atoms with E-state index in [0.29, 0.717) is 18.2 Å². The molecule has 0 radical (unpaired) electrons. The van der Waals surface area contributed by atoms with Crippen molar-refractivity contribution in [2.45, 2.75) is 38.6 Å². The van der Waals surface area contributed by atoms with Gasteiger partial charge < -0.3 is 10.1 Å². The number of hydrogen-bond donors (Lipinski definition) is 1.